The molecule has 3 rings (SSSR count). The predicted molar refractivity (Wildman–Crippen MR) is 337 cm³/mol. The van der Waals surface area contributed by atoms with Crippen LogP contribution in [0.5, 0.6) is 5.75 Å². The number of carboxylic acids is 1. The lowest BCUT2D eigenvalue weighted by Gasteiger charge is -2.38. The molecule has 1 aromatic heterocycles. The van der Waals surface area contributed by atoms with Crippen molar-refractivity contribution in [1.29, 1.82) is 0 Å². The molecule has 0 fully saturated rings. The minimum Gasteiger partial charge on any atom is -0.481 e. The number of Topliss-reactive ketones (excluding diaryl/α,β-unsaturated/α-hetero) is 2. The molecule has 1 aliphatic rings. The second kappa shape index (κ2) is 39.2. The van der Waals surface area contributed by atoms with Gasteiger partial charge in [-0.25, -0.2) is 4.98 Å². The summed E-state index contributed by atoms with van der Waals surface area (Å²) >= 11 is 1.07. The Labute approximate surface area is 533 Å². The third kappa shape index (κ3) is 27.1. The number of aliphatic carboxylic acids is 1. The average Bonchev–Trinajstić information content (AvgIpc) is 1.32. The summed E-state index contributed by atoms with van der Waals surface area (Å²) in [5.74, 6) is -3.32. The van der Waals surface area contributed by atoms with Crippen molar-refractivity contribution in [2.45, 2.75) is 150 Å². The molecule has 0 bridgehead atoms. The Kier molecular flexibility index (Phi) is 33.6. The lowest BCUT2D eigenvalue weighted by Crippen LogP contribution is -2.50. The number of nitrogens with one attached hydrogen (secondary N) is 5. The van der Waals surface area contributed by atoms with Crippen molar-refractivity contribution in [3.05, 3.63) is 52.1 Å². The van der Waals surface area contributed by atoms with Gasteiger partial charge in [0.25, 0.3) is 11.8 Å². The van der Waals surface area contributed by atoms with Crippen LogP contribution in [0.15, 0.2) is 35.9 Å². The topological polar surface area (TPSA) is 326 Å². The summed E-state index contributed by atoms with van der Waals surface area (Å²) in [5.41, 5.74) is -0.0605. The zero-order chi connectivity index (χ0) is 67.3. The Morgan fingerprint density at radius 1 is 0.878 bits per heavy atom. The molecule has 0 aliphatic carbocycles. The molecule has 500 valence electrons. The number of carbonyl (C=O) groups is 10. The van der Waals surface area contributed by atoms with Gasteiger partial charge in [-0.05, 0) is 83.2 Å². The van der Waals surface area contributed by atoms with Crippen LogP contribution < -0.4 is 31.3 Å². The molecule has 1 aromatic carbocycles. The van der Waals surface area contributed by atoms with Crippen LogP contribution in [0.1, 0.15) is 141 Å². The SMILES string of the molecule is C=C1C#CC(=O)NCCOCCOCCC(=O)Oc2ccc(C[C@@H](CC(C)C(=O)O)NC(=O)c3csc([C@@H](C[C@H](C(C)C)N(C)C(=O)[C@@H](CC(=O)C(C)(C)N(C)C)[C@@H](C)CC)OC(C)=O)n3)cc2NC(=O)C(C)CC(=O)C(C)NC(=O)CCOCCOCCN1. The number of esters is 2. The second-order valence-corrected chi connectivity index (χ2v) is 24.5. The van der Waals surface area contributed by atoms with Crippen molar-refractivity contribution >= 4 is 76.0 Å². The summed E-state index contributed by atoms with van der Waals surface area (Å²) in [6.45, 7) is 22.6. The van der Waals surface area contributed by atoms with E-state index in [4.69, 9.17) is 28.4 Å². The number of allylic oxidation sites excluding steroid dienone is 1. The van der Waals surface area contributed by atoms with Crippen molar-refractivity contribution in [1.82, 2.24) is 36.1 Å². The van der Waals surface area contributed by atoms with Crippen LogP contribution in [-0.4, -0.2) is 190 Å². The van der Waals surface area contributed by atoms with Gasteiger partial charge in [0.05, 0.1) is 88.2 Å². The van der Waals surface area contributed by atoms with Gasteiger partial charge in [-0.2, -0.15) is 0 Å². The Morgan fingerprint density at radius 3 is 2.10 bits per heavy atom. The van der Waals surface area contributed by atoms with E-state index in [1.807, 2.05) is 60.5 Å². The van der Waals surface area contributed by atoms with Gasteiger partial charge in [0.2, 0.25) is 17.7 Å². The number of aromatic nitrogens is 1. The van der Waals surface area contributed by atoms with E-state index in [2.05, 4.69) is 50.0 Å². The monoisotopic (exact) mass is 1280 g/mol. The van der Waals surface area contributed by atoms with Crippen LogP contribution in [0.25, 0.3) is 0 Å². The number of nitrogens with zero attached hydrogens (tertiary/aromatic N) is 3. The number of thiazole rings is 1. The normalized spacial score (nSPS) is 19.4. The van der Waals surface area contributed by atoms with Gasteiger partial charge in [-0.3, -0.25) is 52.8 Å². The summed E-state index contributed by atoms with van der Waals surface area (Å²) in [6.07, 6.45) is -0.809. The minimum absolute atomic E-state index is 0.00580. The summed E-state index contributed by atoms with van der Waals surface area (Å²) < 4.78 is 33.7. The Hall–Kier alpha value is -7.15. The molecule has 0 spiro atoms. The number of hydrogen-bond acceptors (Lipinski definition) is 20. The predicted octanol–water partition coefficient (Wildman–Crippen LogP) is 5.06. The van der Waals surface area contributed by atoms with Gasteiger partial charge in [0.1, 0.15) is 10.7 Å². The van der Waals surface area contributed by atoms with E-state index in [9.17, 15) is 53.1 Å². The molecule has 90 heavy (non-hydrogen) atoms. The number of ketones is 2. The summed E-state index contributed by atoms with van der Waals surface area (Å²) in [7, 11) is 5.32. The summed E-state index contributed by atoms with van der Waals surface area (Å²) in [6, 6.07) is 2.19. The zero-order valence-electron chi connectivity index (χ0n) is 54.7. The van der Waals surface area contributed by atoms with Crippen molar-refractivity contribution in [2.24, 2.45) is 29.6 Å². The van der Waals surface area contributed by atoms with Crippen LogP contribution in [0.3, 0.4) is 0 Å². The fraction of sp³-hybridized carbons (Fsp3) is 0.641. The van der Waals surface area contributed by atoms with E-state index in [0.29, 0.717) is 30.8 Å². The number of ether oxygens (including phenoxy) is 6. The number of carbonyl (C=O) groups excluding carboxylic acids is 9. The molecule has 0 saturated carbocycles. The van der Waals surface area contributed by atoms with Gasteiger partial charge in [-0.1, -0.05) is 60.6 Å². The van der Waals surface area contributed by atoms with Gasteiger partial charge in [-0.15, -0.1) is 11.3 Å². The number of fused-ring (bicyclic) bond motifs is 1. The number of hydrogen-bond donors (Lipinski definition) is 6. The van der Waals surface area contributed by atoms with E-state index < -0.39 is 94.8 Å². The number of amides is 5. The number of carboxylic acid groups (broad SMARTS) is 1. The molecule has 2 aromatic rings. The van der Waals surface area contributed by atoms with Crippen LogP contribution in [0.4, 0.5) is 5.69 Å². The average molecular weight is 1280 g/mol. The quantitative estimate of drug-likeness (QED) is 0.0573. The largest absolute Gasteiger partial charge is 0.481 e. The highest BCUT2D eigenvalue weighted by molar-refractivity contribution is 7.09. The minimum atomic E-state index is -1.13. The number of anilines is 1. The summed E-state index contributed by atoms with van der Waals surface area (Å²) in [4.78, 5) is 141. The Balaban J connectivity index is 1.91. The van der Waals surface area contributed by atoms with E-state index in [0.717, 1.165) is 11.3 Å². The molecule has 26 heteroatoms. The fourth-order valence-electron chi connectivity index (χ4n) is 9.22. The third-order valence-electron chi connectivity index (χ3n) is 15.6. The van der Waals surface area contributed by atoms with E-state index in [1.165, 1.54) is 45.2 Å². The van der Waals surface area contributed by atoms with Crippen molar-refractivity contribution in [2.75, 3.05) is 92.4 Å². The summed E-state index contributed by atoms with van der Waals surface area (Å²) in [5, 5.41) is 25.7. The molecule has 3 unspecified atom stereocenters. The lowest BCUT2D eigenvalue weighted by atomic mass is 9.81. The first-order valence-corrected chi connectivity index (χ1v) is 31.5. The van der Waals surface area contributed by atoms with Crippen LogP contribution >= 0.6 is 11.3 Å². The Morgan fingerprint density at radius 2 is 1.50 bits per heavy atom. The van der Waals surface area contributed by atoms with Gasteiger partial charge in [0.15, 0.2) is 23.4 Å². The number of benzene rings is 1. The first-order chi connectivity index (χ1) is 42.4. The maximum atomic E-state index is 14.5. The zero-order valence-corrected chi connectivity index (χ0v) is 55.5. The van der Waals surface area contributed by atoms with E-state index >= 15 is 0 Å². The molecule has 1 aliphatic heterocycles. The molecule has 6 N–H and O–H groups in total. The van der Waals surface area contributed by atoms with Crippen LogP contribution in [0, 0.1) is 41.4 Å². The smallest absolute Gasteiger partial charge is 0.313 e. The molecular formula is C64H96N8O17S. The van der Waals surface area contributed by atoms with Crippen LogP contribution in [0.2, 0.25) is 0 Å². The van der Waals surface area contributed by atoms with Crippen LogP contribution in [-0.2, 0) is 73.3 Å². The molecule has 0 saturated heterocycles. The van der Waals surface area contributed by atoms with Crippen molar-refractivity contribution in [3.63, 3.8) is 0 Å². The molecule has 8 atom stereocenters. The molecule has 0 radical (unpaired) electrons. The molecule has 25 nitrogen and oxygen atoms in total. The molecule has 2 heterocycles. The van der Waals surface area contributed by atoms with Gasteiger partial charge in [0, 0.05) is 88.0 Å². The maximum absolute atomic E-state index is 14.5. The van der Waals surface area contributed by atoms with Crippen molar-refractivity contribution in [3.8, 4) is 17.6 Å². The highest BCUT2D eigenvalue weighted by atomic mass is 32.1. The highest BCUT2D eigenvalue weighted by Gasteiger charge is 2.39. The molecule has 5 amide bonds. The van der Waals surface area contributed by atoms with Gasteiger partial charge < -0.3 is 65.0 Å². The highest BCUT2D eigenvalue weighted by Crippen LogP contribution is 2.34. The first kappa shape index (κ1) is 77.1. The standard InChI is InChI=1S/C64H96N8O17S/c1-15-40(4)48(36-55(75)64(10,11)71(12)13)62(81)72(14)51(39(2)3)37-54(88-45(9)73)61-70-50(38-90-61)60(80)68-47(32-42(6)63(82)83)34-46-17-18-53-49(35-46)69-59(79)41(5)33-52(74)44(8)67-57(77)20-24-84-28-30-86-26-22-65-43(7)16-19-56(76)66-23-27-87-31-29-85-25-21-58(78)89-53/h17-18,35,38-42,44,47-48,51,54,65H,7,15,20-34,36-37H2,1-6,8-14H3,(H,66,76)(H,67,77)(H,68,80)(H,69,79)(H,82,83)/t40-,41?,42?,44?,47+,48-,51+,54+/m0/s1. The Bertz CT molecular complexity index is 2830. The van der Waals surface area contributed by atoms with Gasteiger partial charge >= 0.3 is 17.9 Å². The second-order valence-electron chi connectivity index (χ2n) is 23.6. The van der Waals surface area contributed by atoms with E-state index in [-0.39, 0.29) is 143 Å². The van der Waals surface area contributed by atoms with E-state index in [1.54, 1.807) is 18.0 Å². The lowest BCUT2D eigenvalue weighted by molar-refractivity contribution is -0.150. The van der Waals surface area contributed by atoms with Crippen molar-refractivity contribution < 1.29 is 81.5 Å². The number of likely N-dealkylation sites (N-methyl/N-ethyl adjacent to an activating group) is 1. The fourth-order valence-corrected chi connectivity index (χ4v) is 10.1. The third-order valence-corrected chi connectivity index (χ3v) is 16.5. The number of rotatable bonds is 20. The first-order valence-electron chi connectivity index (χ1n) is 30.6. The molecular weight excluding hydrogens is 1180 g/mol. The maximum Gasteiger partial charge on any atom is 0.313 e.